The molecule has 0 aromatic rings. The van der Waals surface area contributed by atoms with Crippen molar-refractivity contribution in [2.24, 2.45) is 0 Å². The van der Waals surface area contributed by atoms with Crippen LogP contribution in [0.25, 0.3) is 0 Å². The zero-order valence-corrected chi connectivity index (χ0v) is 11.8. The summed E-state index contributed by atoms with van der Waals surface area (Å²) in [6.07, 6.45) is 3.02. The lowest BCUT2D eigenvalue weighted by molar-refractivity contribution is 0.174. The highest BCUT2D eigenvalue weighted by atomic mass is 32.2. The molecule has 0 spiro atoms. The lowest BCUT2D eigenvalue weighted by Crippen LogP contribution is -2.52. The average molecular weight is 277 g/mol. The number of hydrogen-bond donors (Lipinski definition) is 1. The van der Waals surface area contributed by atoms with Crippen LogP contribution in [0.3, 0.4) is 0 Å². The highest BCUT2D eigenvalue weighted by Gasteiger charge is 2.35. The predicted octanol–water partition coefficient (Wildman–Crippen LogP) is -0.675. The van der Waals surface area contributed by atoms with Crippen molar-refractivity contribution in [2.45, 2.75) is 25.3 Å². The molecule has 2 rings (SSSR count). The van der Waals surface area contributed by atoms with E-state index >= 15 is 0 Å². The average Bonchev–Trinajstić information content (AvgIpc) is 3.20. The number of aliphatic hydroxyl groups excluding tert-OH is 1. The molecule has 0 atom stereocenters. The predicted molar refractivity (Wildman–Crippen MR) is 69.4 cm³/mol. The van der Waals surface area contributed by atoms with Crippen molar-refractivity contribution >= 4 is 10.2 Å². The minimum absolute atomic E-state index is 0.0231. The first-order chi connectivity index (χ1) is 8.55. The molecule has 1 saturated carbocycles. The second kappa shape index (κ2) is 5.83. The molecule has 0 radical (unpaired) electrons. The van der Waals surface area contributed by atoms with Crippen molar-refractivity contribution in [3.8, 4) is 0 Å². The summed E-state index contributed by atoms with van der Waals surface area (Å²) in [5, 5.41) is 8.75. The Morgan fingerprint density at radius 3 is 2.33 bits per heavy atom. The highest BCUT2D eigenvalue weighted by Crippen LogP contribution is 2.28. The Kier molecular flexibility index (Phi) is 4.60. The summed E-state index contributed by atoms with van der Waals surface area (Å²) in [5.41, 5.74) is 0. The maximum atomic E-state index is 12.2. The Bertz CT molecular complexity index is 362. The first kappa shape index (κ1) is 14.2. The lowest BCUT2D eigenvalue weighted by Gasteiger charge is -2.35. The van der Waals surface area contributed by atoms with E-state index in [9.17, 15) is 8.42 Å². The molecule has 2 aliphatic rings. The van der Waals surface area contributed by atoms with Crippen molar-refractivity contribution < 1.29 is 13.5 Å². The molecule has 2 fully saturated rings. The second-order valence-electron chi connectivity index (χ2n) is 5.07. The van der Waals surface area contributed by atoms with Gasteiger partial charge in [-0.05, 0) is 19.3 Å². The van der Waals surface area contributed by atoms with E-state index in [4.69, 9.17) is 5.11 Å². The number of piperazine rings is 1. The Hall–Kier alpha value is -0.210. The fraction of sp³-hybridized carbons (Fsp3) is 1.00. The van der Waals surface area contributed by atoms with Gasteiger partial charge in [-0.1, -0.05) is 0 Å². The molecule has 7 heteroatoms. The molecule has 0 aromatic heterocycles. The van der Waals surface area contributed by atoms with Gasteiger partial charge in [-0.3, -0.25) is 4.90 Å². The van der Waals surface area contributed by atoms with Crippen molar-refractivity contribution in [2.75, 3.05) is 46.4 Å². The van der Waals surface area contributed by atoms with Crippen molar-refractivity contribution in [3.05, 3.63) is 0 Å². The number of hydrogen-bond acceptors (Lipinski definition) is 4. The van der Waals surface area contributed by atoms with Crippen LogP contribution in [0.1, 0.15) is 19.3 Å². The first-order valence-corrected chi connectivity index (χ1v) is 8.01. The molecule has 106 valence electrons. The molecule has 0 amide bonds. The fourth-order valence-electron chi connectivity index (χ4n) is 2.34. The van der Waals surface area contributed by atoms with Gasteiger partial charge in [-0.2, -0.15) is 17.0 Å². The Morgan fingerprint density at radius 2 is 1.83 bits per heavy atom. The van der Waals surface area contributed by atoms with E-state index < -0.39 is 10.2 Å². The standard InChI is InChI=1S/C11H23N3O3S/c1-12(5-2-10-15)18(16,17)14-8-6-13(7-9-14)11-3-4-11/h11,15H,2-10H2,1H3. The lowest BCUT2D eigenvalue weighted by atomic mass is 10.3. The molecule has 1 aliphatic carbocycles. The van der Waals surface area contributed by atoms with E-state index in [1.807, 2.05) is 0 Å². The zero-order valence-electron chi connectivity index (χ0n) is 11.0. The number of aliphatic hydroxyl groups is 1. The highest BCUT2D eigenvalue weighted by molar-refractivity contribution is 7.86. The molecular weight excluding hydrogens is 254 g/mol. The van der Waals surface area contributed by atoms with Crippen LogP contribution in [0.15, 0.2) is 0 Å². The summed E-state index contributed by atoms with van der Waals surface area (Å²) in [6, 6.07) is 0.710. The van der Waals surface area contributed by atoms with Crippen molar-refractivity contribution in [3.63, 3.8) is 0 Å². The van der Waals surface area contributed by atoms with E-state index in [0.717, 1.165) is 13.1 Å². The zero-order chi connectivity index (χ0) is 13.2. The van der Waals surface area contributed by atoms with E-state index in [1.54, 1.807) is 11.4 Å². The first-order valence-electron chi connectivity index (χ1n) is 6.62. The molecule has 0 unspecified atom stereocenters. The van der Waals surface area contributed by atoms with E-state index in [0.29, 0.717) is 32.1 Å². The summed E-state index contributed by atoms with van der Waals surface area (Å²) < 4.78 is 27.4. The normalized spacial score (nSPS) is 23.7. The minimum Gasteiger partial charge on any atom is -0.396 e. The smallest absolute Gasteiger partial charge is 0.281 e. The molecule has 1 N–H and O–H groups in total. The Labute approximate surface area is 109 Å². The largest absolute Gasteiger partial charge is 0.396 e. The summed E-state index contributed by atoms with van der Waals surface area (Å²) in [6.45, 7) is 3.26. The van der Waals surface area contributed by atoms with Gasteiger partial charge >= 0.3 is 0 Å². The molecule has 1 heterocycles. The molecule has 18 heavy (non-hydrogen) atoms. The van der Waals surface area contributed by atoms with Crippen LogP contribution in [-0.2, 0) is 10.2 Å². The third-order valence-electron chi connectivity index (χ3n) is 3.69. The number of rotatable bonds is 6. The summed E-state index contributed by atoms with van der Waals surface area (Å²) in [7, 11) is -1.75. The van der Waals surface area contributed by atoms with E-state index in [-0.39, 0.29) is 6.61 Å². The van der Waals surface area contributed by atoms with Crippen LogP contribution in [0.5, 0.6) is 0 Å². The molecule has 1 saturated heterocycles. The molecule has 0 aromatic carbocycles. The maximum absolute atomic E-state index is 12.2. The van der Waals surface area contributed by atoms with Gasteiger partial charge in [0.1, 0.15) is 0 Å². The fourth-order valence-corrected chi connectivity index (χ4v) is 3.72. The molecular formula is C11H23N3O3S. The van der Waals surface area contributed by atoms with Crippen LogP contribution >= 0.6 is 0 Å². The van der Waals surface area contributed by atoms with Gasteiger partial charge in [0.15, 0.2) is 0 Å². The van der Waals surface area contributed by atoms with Gasteiger partial charge in [0.25, 0.3) is 10.2 Å². The summed E-state index contributed by atoms with van der Waals surface area (Å²) >= 11 is 0. The van der Waals surface area contributed by atoms with Crippen LogP contribution in [0, 0.1) is 0 Å². The van der Waals surface area contributed by atoms with Gasteiger partial charge in [0, 0.05) is 52.4 Å². The number of nitrogens with zero attached hydrogens (tertiary/aromatic N) is 3. The minimum atomic E-state index is -3.33. The second-order valence-corrected chi connectivity index (χ2v) is 7.11. The van der Waals surface area contributed by atoms with Crippen molar-refractivity contribution in [1.29, 1.82) is 0 Å². The third-order valence-corrected chi connectivity index (χ3v) is 5.68. The van der Waals surface area contributed by atoms with Crippen LogP contribution in [0.4, 0.5) is 0 Å². The van der Waals surface area contributed by atoms with Crippen LogP contribution in [0.2, 0.25) is 0 Å². The monoisotopic (exact) mass is 277 g/mol. The van der Waals surface area contributed by atoms with Crippen molar-refractivity contribution in [1.82, 2.24) is 13.5 Å². The maximum Gasteiger partial charge on any atom is 0.281 e. The Balaban J connectivity index is 1.86. The van der Waals surface area contributed by atoms with Crippen LogP contribution < -0.4 is 0 Å². The van der Waals surface area contributed by atoms with Gasteiger partial charge in [-0.15, -0.1) is 0 Å². The summed E-state index contributed by atoms with van der Waals surface area (Å²) in [5.74, 6) is 0. The molecule has 6 nitrogen and oxygen atoms in total. The van der Waals surface area contributed by atoms with E-state index in [2.05, 4.69) is 4.90 Å². The molecule has 0 bridgehead atoms. The van der Waals surface area contributed by atoms with E-state index in [1.165, 1.54) is 17.1 Å². The Morgan fingerprint density at radius 1 is 1.22 bits per heavy atom. The van der Waals surface area contributed by atoms with Gasteiger partial charge in [-0.25, -0.2) is 0 Å². The van der Waals surface area contributed by atoms with Gasteiger partial charge < -0.3 is 5.11 Å². The van der Waals surface area contributed by atoms with Crippen LogP contribution in [-0.4, -0.2) is 79.5 Å². The third kappa shape index (κ3) is 3.21. The summed E-state index contributed by atoms with van der Waals surface area (Å²) in [4.78, 5) is 2.39. The topological polar surface area (TPSA) is 64.1 Å². The van der Waals surface area contributed by atoms with Gasteiger partial charge in [0.05, 0.1) is 0 Å². The quantitative estimate of drug-likeness (QED) is 0.699. The SMILES string of the molecule is CN(CCCO)S(=O)(=O)N1CCN(C2CC2)CC1. The molecule has 1 aliphatic heterocycles. The van der Waals surface area contributed by atoms with Gasteiger partial charge in [0.2, 0.25) is 0 Å².